The molecule has 108 valence electrons. The molecule has 1 aromatic heterocycles. The lowest BCUT2D eigenvalue weighted by molar-refractivity contribution is 0.0183. The van der Waals surface area contributed by atoms with Crippen LogP contribution in [0.15, 0.2) is 11.4 Å². The van der Waals surface area contributed by atoms with Crippen molar-refractivity contribution in [1.82, 2.24) is 13.9 Å². The number of ether oxygens (including phenoxy) is 1. The first-order chi connectivity index (χ1) is 8.87. The third-order valence-electron chi connectivity index (χ3n) is 3.65. The Morgan fingerprint density at radius 2 is 2.21 bits per heavy atom. The molecule has 1 aliphatic heterocycles. The molecule has 1 aliphatic rings. The quantitative estimate of drug-likeness (QED) is 0.848. The van der Waals surface area contributed by atoms with Crippen molar-refractivity contribution < 1.29 is 13.2 Å². The van der Waals surface area contributed by atoms with Gasteiger partial charge in [0.15, 0.2) is 10.8 Å². The summed E-state index contributed by atoms with van der Waals surface area (Å²) in [6.45, 7) is 2.90. The van der Waals surface area contributed by atoms with Crippen molar-refractivity contribution in [3.8, 4) is 0 Å². The lowest BCUT2D eigenvalue weighted by atomic mass is 9.97. The molecule has 2 N–H and O–H groups in total. The van der Waals surface area contributed by atoms with Crippen molar-refractivity contribution in [3.05, 3.63) is 6.33 Å². The molecule has 2 heterocycles. The summed E-state index contributed by atoms with van der Waals surface area (Å²) < 4.78 is 33.4. The van der Waals surface area contributed by atoms with E-state index < -0.39 is 10.0 Å². The summed E-state index contributed by atoms with van der Waals surface area (Å²) in [6, 6.07) is 0. The second-order valence-corrected chi connectivity index (χ2v) is 6.80. The van der Waals surface area contributed by atoms with E-state index in [2.05, 4.69) is 11.9 Å². The fraction of sp³-hybridized carbons (Fsp3) is 0.727. The molecule has 1 aromatic rings. The zero-order chi connectivity index (χ0) is 14.2. The number of sulfonamides is 1. The van der Waals surface area contributed by atoms with Gasteiger partial charge in [-0.3, -0.25) is 0 Å². The van der Waals surface area contributed by atoms with Crippen LogP contribution in [-0.2, 0) is 21.8 Å². The van der Waals surface area contributed by atoms with Crippen LogP contribution in [0.3, 0.4) is 0 Å². The van der Waals surface area contributed by atoms with Crippen molar-refractivity contribution in [1.29, 1.82) is 0 Å². The van der Waals surface area contributed by atoms with E-state index in [-0.39, 0.29) is 16.9 Å². The molecule has 0 spiro atoms. The van der Waals surface area contributed by atoms with Crippen LogP contribution >= 0.6 is 0 Å². The molecule has 1 saturated heterocycles. The van der Waals surface area contributed by atoms with Gasteiger partial charge in [-0.1, -0.05) is 6.92 Å². The van der Waals surface area contributed by atoms with E-state index in [4.69, 9.17) is 10.5 Å². The van der Waals surface area contributed by atoms with E-state index in [1.54, 1.807) is 14.2 Å². The van der Waals surface area contributed by atoms with Crippen molar-refractivity contribution >= 4 is 15.8 Å². The molecule has 2 atom stereocenters. The van der Waals surface area contributed by atoms with Gasteiger partial charge in [-0.05, 0) is 12.3 Å². The number of rotatable bonds is 3. The number of nitrogens with zero attached hydrogens (tertiary/aromatic N) is 3. The Balaban J connectivity index is 2.31. The molecule has 0 saturated carbocycles. The average molecular weight is 288 g/mol. The summed E-state index contributed by atoms with van der Waals surface area (Å²) in [4.78, 5) is 3.84. The average Bonchev–Trinajstić information content (AvgIpc) is 2.69. The second kappa shape index (κ2) is 5.10. The van der Waals surface area contributed by atoms with Crippen molar-refractivity contribution in [2.24, 2.45) is 13.0 Å². The van der Waals surface area contributed by atoms with Crippen LogP contribution in [-0.4, -0.2) is 48.6 Å². The first-order valence-corrected chi connectivity index (χ1v) is 7.61. The zero-order valence-corrected chi connectivity index (χ0v) is 12.2. The lowest BCUT2D eigenvalue weighted by Gasteiger charge is -2.35. The molecule has 8 heteroatoms. The largest absolute Gasteiger partial charge is 0.381 e. The number of aromatic nitrogens is 2. The minimum absolute atomic E-state index is 0.0371. The lowest BCUT2D eigenvalue weighted by Crippen LogP contribution is -2.47. The Kier molecular flexibility index (Phi) is 3.84. The Bertz CT molecular complexity index is 535. The molecule has 2 unspecified atom stereocenters. The molecule has 2 rings (SSSR count). The van der Waals surface area contributed by atoms with Crippen LogP contribution < -0.4 is 5.73 Å². The number of nitrogen functional groups attached to an aromatic ring is 1. The monoisotopic (exact) mass is 288 g/mol. The van der Waals surface area contributed by atoms with Gasteiger partial charge in [0, 0.05) is 27.2 Å². The van der Waals surface area contributed by atoms with Gasteiger partial charge in [0.25, 0.3) is 10.0 Å². The number of hydrogen-bond donors (Lipinski definition) is 1. The number of imidazole rings is 1. The van der Waals surface area contributed by atoms with E-state index in [0.717, 1.165) is 6.42 Å². The van der Waals surface area contributed by atoms with E-state index in [0.29, 0.717) is 19.0 Å². The Labute approximate surface area is 113 Å². The summed E-state index contributed by atoms with van der Waals surface area (Å²) in [7, 11) is -0.389. The SMILES string of the molecule is COC1CN(S(=O)(=O)c2c(N)ncn2C)CCC1C. The summed E-state index contributed by atoms with van der Waals surface area (Å²) in [5.74, 6) is 0.385. The van der Waals surface area contributed by atoms with Gasteiger partial charge in [-0.15, -0.1) is 0 Å². The van der Waals surface area contributed by atoms with Gasteiger partial charge in [-0.2, -0.15) is 4.31 Å². The second-order valence-electron chi connectivity index (χ2n) is 4.95. The topological polar surface area (TPSA) is 90.4 Å². The van der Waals surface area contributed by atoms with Gasteiger partial charge in [0.2, 0.25) is 0 Å². The molecule has 0 aromatic carbocycles. The summed E-state index contributed by atoms with van der Waals surface area (Å²) in [5.41, 5.74) is 5.66. The van der Waals surface area contributed by atoms with E-state index >= 15 is 0 Å². The third-order valence-corrected chi connectivity index (χ3v) is 5.65. The van der Waals surface area contributed by atoms with Crippen LogP contribution in [0.5, 0.6) is 0 Å². The summed E-state index contributed by atoms with van der Waals surface area (Å²) >= 11 is 0. The van der Waals surface area contributed by atoms with Crippen LogP contribution in [0.4, 0.5) is 5.82 Å². The van der Waals surface area contributed by atoms with Crippen LogP contribution in [0.1, 0.15) is 13.3 Å². The number of piperidine rings is 1. The number of nitrogens with two attached hydrogens (primary N) is 1. The minimum Gasteiger partial charge on any atom is -0.381 e. The standard InChI is InChI=1S/C11H20N4O3S/c1-8-4-5-15(6-9(8)18-3)19(16,17)11-10(12)13-7-14(11)2/h7-9H,4-6,12H2,1-3H3. The maximum absolute atomic E-state index is 12.6. The molecule has 7 nitrogen and oxygen atoms in total. The minimum atomic E-state index is -3.62. The van der Waals surface area contributed by atoms with Crippen molar-refractivity contribution in [2.45, 2.75) is 24.5 Å². The molecule has 1 fully saturated rings. The van der Waals surface area contributed by atoms with Gasteiger partial charge in [0.05, 0.1) is 12.4 Å². The Hall–Kier alpha value is -1.12. The highest BCUT2D eigenvalue weighted by Gasteiger charge is 2.36. The highest BCUT2D eigenvalue weighted by atomic mass is 32.2. The van der Waals surface area contributed by atoms with Gasteiger partial charge < -0.3 is 15.0 Å². The van der Waals surface area contributed by atoms with Crippen LogP contribution in [0.2, 0.25) is 0 Å². The predicted octanol–water partition coefficient (Wildman–Crippen LogP) is 0.0478. The predicted molar refractivity (Wildman–Crippen MR) is 71.0 cm³/mol. The number of hydrogen-bond acceptors (Lipinski definition) is 5. The maximum atomic E-state index is 12.6. The highest BCUT2D eigenvalue weighted by Crippen LogP contribution is 2.27. The first-order valence-electron chi connectivity index (χ1n) is 6.17. The Morgan fingerprint density at radius 3 is 2.74 bits per heavy atom. The summed E-state index contributed by atoms with van der Waals surface area (Å²) in [5, 5.41) is 0.0527. The van der Waals surface area contributed by atoms with E-state index in [1.807, 2.05) is 0 Å². The van der Waals surface area contributed by atoms with Crippen molar-refractivity contribution in [3.63, 3.8) is 0 Å². The van der Waals surface area contributed by atoms with Crippen LogP contribution in [0.25, 0.3) is 0 Å². The molecule has 0 radical (unpaired) electrons. The molecule has 0 aliphatic carbocycles. The molecule has 19 heavy (non-hydrogen) atoms. The van der Waals surface area contributed by atoms with Gasteiger partial charge in [0.1, 0.15) is 0 Å². The van der Waals surface area contributed by atoms with Gasteiger partial charge >= 0.3 is 0 Å². The number of anilines is 1. The van der Waals surface area contributed by atoms with Crippen LogP contribution in [0, 0.1) is 5.92 Å². The first kappa shape index (κ1) is 14.3. The third kappa shape index (κ3) is 2.47. The van der Waals surface area contributed by atoms with Gasteiger partial charge in [-0.25, -0.2) is 13.4 Å². The van der Waals surface area contributed by atoms with E-state index in [1.165, 1.54) is 15.2 Å². The maximum Gasteiger partial charge on any atom is 0.262 e. The normalized spacial score (nSPS) is 25.6. The molecular formula is C11H20N4O3S. The molecule has 0 bridgehead atoms. The van der Waals surface area contributed by atoms with Crippen molar-refractivity contribution in [2.75, 3.05) is 25.9 Å². The number of methoxy groups -OCH3 is 1. The molecular weight excluding hydrogens is 268 g/mol. The Morgan fingerprint density at radius 1 is 1.53 bits per heavy atom. The zero-order valence-electron chi connectivity index (χ0n) is 11.4. The van der Waals surface area contributed by atoms with E-state index in [9.17, 15) is 8.42 Å². The fourth-order valence-corrected chi connectivity index (χ4v) is 4.07. The fourth-order valence-electron chi connectivity index (χ4n) is 2.40. The highest BCUT2D eigenvalue weighted by molar-refractivity contribution is 7.89. The molecule has 0 amide bonds. The number of aryl methyl sites for hydroxylation is 1. The smallest absolute Gasteiger partial charge is 0.262 e. The summed E-state index contributed by atoms with van der Waals surface area (Å²) in [6.07, 6.45) is 2.09.